The van der Waals surface area contributed by atoms with Gasteiger partial charge in [0, 0.05) is 21.6 Å². The summed E-state index contributed by atoms with van der Waals surface area (Å²) >= 11 is 2.36. The van der Waals surface area contributed by atoms with Gasteiger partial charge >= 0.3 is 0 Å². The van der Waals surface area contributed by atoms with Gasteiger partial charge in [-0.15, -0.1) is 0 Å². The topological polar surface area (TPSA) is 37.9 Å². The number of aryl methyl sites for hydroxylation is 1. The zero-order chi connectivity index (χ0) is 13.9. The third kappa shape index (κ3) is 2.52. The van der Waals surface area contributed by atoms with Crippen molar-refractivity contribution in [2.24, 2.45) is 0 Å². The number of hydrogen-bond acceptors (Lipinski definition) is 2. The van der Waals surface area contributed by atoms with Crippen LogP contribution in [0.5, 0.6) is 5.88 Å². The van der Waals surface area contributed by atoms with Crippen LogP contribution in [0.25, 0.3) is 10.9 Å². The number of H-pyrrole nitrogens is 1. The summed E-state index contributed by atoms with van der Waals surface area (Å²) in [6.45, 7) is 2.55. The summed E-state index contributed by atoms with van der Waals surface area (Å²) in [5.41, 5.74) is 4.38. The molecule has 4 heteroatoms. The molecule has 0 aliphatic carbocycles. The first kappa shape index (κ1) is 13.4. The highest BCUT2D eigenvalue weighted by molar-refractivity contribution is 14.1. The molecule has 0 aliphatic heterocycles. The molecule has 3 aromatic rings. The van der Waals surface area contributed by atoms with Crippen molar-refractivity contribution in [3.05, 3.63) is 59.4 Å². The van der Waals surface area contributed by atoms with Crippen LogP contribution in [0.15, 0.2) is 42.6 Å². The number of rotatable bonds is 4. The van der Waals surface area contributed by atoms with Gasteiger partial charge in [0.1, 0.15) is 6.61 Å². The molecule has 0 radical (unpaired) electrons. The first-order valence-electron chi connectivity index (χ1n) is 6.49. The Hall–Kier alpha value is -1.56. The normalized spacial score (nSPS) is 10.9. The van der Waals surface area contributed by atoms with Crippen molar-refractivity contribution in [2.45, 2.75) is 18.0 Å². The smallest absolute Gasteiger partial charge is 0.218 e. The van der Waals surface area contributed by atoms with Gasteiger partial charge in [0.2, 0.25) is 5.88 Å². The predicted molar refractivity (Wildman–Crippen MR) is 89.3 cm³/mol. The van der Waals surface area contributed by atoms with Crippen molar-refractivity contribution in [3.8, 4) is 5.88 Å². The molecule has 20 heavy (non-hydrogen) atoms. The van der Waals surface area contributed by atoms with Gasteiger partial charge in [-0.3, -0.25) is 0 Å². The number of aromatic nitrogens is 2. The maximum Gasteiger partial charge on any atom is 0.218 e. The fourth-order valence-corrected chi connectivity index (χ4v) is 3.02. The minimum Gasteiger partial charge on any atom is -0.473 e. The number of alkyl halides is 1. The Morgan fingerprint density at radius 1 is 1.20 bits per heavy atom. The zero-order valence-corrected chi connectivity index (χ0v) is 13.3. The third-order valence-electron chi connectivity index (χ3n) is 3.31. The van der Waals surface area contributed by atoms with Crippen LogP contribution in [0.4, 0.5) is 0 Å². The number of pyridine rings is 1. The van der Waals surface area contributed by atoms with E-state index in [0.29, 0.717) is 6.61 Å². The number of benzene rings is 1. The first-order valence-corrected chi connectivity index (χ1v) is 8.01. The Kier molecular flexibility index (Phi) is 3.91. The molecule has 0 fully saturated rings. The van der Waals surface area contributed by atoms with E-state index in [-0.39, 0.29) is 0 Å². The molecule has 0 unspecified atom stereocenters. The number of ether oxygens (including phenoxy) is 1. The van der Waals surface area contributed by atoms with Crippen molar-refractivity contribution < 1.29 is 4.74 Å². The lowest BCUT2D eigenvalue weighted by Crippen LogP contribution is -2.02. The SMILES string of the molecule is Cc1nc(OCc2ccccc2)c(CI)c2cc[nH]c12. The molecule has 0 saturated heterocycles. The van der Waals surface area contributed by atoms with Gasteiger partial charge in [0.15, 0.2) is 0 Å². The fourth-order valence-electron chi connectivity index (χ4n) is 2.29. The molecule has 2 heterocycles. The molecule has 1 aromatic carbocycles. The molecule has 3 rings (SSSR count). The summed E-state index contributed by atoms with van der Waals surface area (Å²) in [6, 6.07) is 12.3. The largest absolute Gasteiger partial charge is 0.473 e. The van der Waals surface area contributed by atoms with Crippen molar-refractivity contribution in [2.75, 3.05) is 0 Å². The van der Waals surface area contributed by atoms with E-state index in [0.717, 1.165) is 32.6 Å². The van der Waals surface area contributed by atoms with E-state index in [1.54, 1.807) is 0 Å². The maximum absolute atomic E-state index is 5.94. The molecule has 102 valence electrons. The molecule has 0 saturated carbocycles. The Labute approximate surface area is 131 Å². The van der Waals surface area contributed by atoms with Crippen LogP contribution in [-0.2, 0) is 11.0 Å². The van der Waals surface area contributed by atoms with Crippen LogP contribution in [0.3, 0.4) is 0 Å². The van der Waals surface area contributed by atoms with Crippen LogP contribution in [-0.4, -0.2) is 9.97 Å². The predicted octanol–water partition coefficient (Wildman–Crippen LogP) is 4.39. The highest BCUT2D eigenvalue weighted by Gasteiger charge is 2.13. The maximum atomic E-state index is 5.94. The van der Waals surface area contributed by atoms with E-state index >= 15 is 0 Å². The molecule has 0 amide bonds. The minimum absolute atomic E-state index is 0.548. The molecular weight excluding hydrogens is 363 g/mol. The number of halogens is 1. The van der Waals surface area contributed by atoms with E-state index < -0.39 is 0 Å². The fraction of sp³-hybridized carbons (Fsp3) is 0.188. The lowest BCUT2D eigenvalue weighted by molar-refractivity contribution is 0.291. The Bertz CT molecular complexity index is 722. The second kappa shape index (κ2) is 5.83. The summed E-state index contributed by atoms with van der Waals surface area (Å²) in [5, 5.41) is 1.20. The lowest BCUT2D eigenvalue weighted by Gasteiger charge is -2.11. The number of aromatic amines is 1. The van der Waals surface area contributed by atoms with Crippen molar-refractivity contribution >= 4 is 33.5 Å². The van der Waals surface area contributed by atoms with Crippen LogP contribution in [0.1, 0.15) is 16.8 Å². The Morgan fingerprint density at radius 3 is 2.75 bits per heavy atom. The van der Waals surface area contributed by atoms with Crippen molar-refractivity contribution in [3.63, 3.8) is 0 Å². The summed E-state index contributed by atoms with van der Waals surface area (Å²) in [6.07, 6.45) is 1.95. The Morgan fingerprint density at radius 2 is 2.00 bits per heavy atom. The average Bonchev–Trinajstić information content (AvgIpc) is 2.96. The average molecular weight is 378 g/mol. The summed E-state index contributed by atoms with van der Waals surface area (Å²) in [4.78, 5) is 7.84. The molecule has 1 N–H and O–H groups in total. The molecule has 2 aromatic heterocycles. The quantitative estimate of drug-likeness (QED) is 0.540. The number of fused-ring (bicyclic) bond motifs is 1. The second-order valence-electron chi connectivity index (χ2n) is 4.66. The highest BCUT2D eigenvalue weighted by Crippen LogP contribution is 2.30. The van der Waals surface area contributed by atoms with E-state index in [9.17, 15) is 0 Å². The first-order chi connectivity index (χ1) is 9.79. The van der Waals surface area contributed by atoms with Gasteiger partial charge in [0.25, 0.3) is 0 Å². The van der Waals surface area contributed by atoms with Crippen LogP contribution in [0.2, 0.25) is 0 Å². The summed E-state index contributed by atoms with van der Waals surface area (Å²) in [7, 11) is 0. The highest BCUT2D eigenvalue weighted by atomic mass is 127. The van der Waals surface area contributed by atoms with Gasteiger partial charge in [-0.05, 0) is 18.6 Å². The monoisotopic (exact) mass is 378 g/mol. The summed E-state index contributed by atoms with van der Waals surface area (Å²) < 4.78 is 6.82. The number of hydrogen-bond donors (Lipinski definition) is 1. The van der Waals surface area contributed by atoms with Crippen molar-refractivity contribution in [1.29, 1.82) is 0 Å². The molecular formula is C16H15IN2O. The molecule has 0 bridgehead atoms. The van der Waals surface area contributed by atoms with Gasteiger partial charge in [-0.1, -0.05) is 52.9 Å². The van der Waals surface area contributed by atoms with E-state index in [1.165, 1.54) is 5.39 Å². The summed E-state index contributed by atoms with van der Waals surface area (Å²) in [5.74, 6) is 0.743. The number of nitrogens with one attached hydrogen (secondary N) is 1. The van der Waals surface area contributed by atoms with Crippen LogP contribution >= 0.6 is 22.6 Å². The van der Waals surface area contributed by atoms with Gasteiger partial charge < -0.3 is 9.72 Å². The number of nitrogens with zero attached hydrogens (tertiary/aromatic N) is 1. The van der Waals surface area contributed by atoms with Gasteiger partial charge in [-0.2, -0.15) is 0 Å². The van der Waals surface area contributed by atoms with Crippen LogP contribution in [0, 0.1) is 6.92 Å². The lowest BCUT2D eigenvalue weighted by atomic mass is 10.1. The van der Waals surface area contributed by atoms with E-state index in [1.807, 2.05) is 31.3 Å². The van der Waals surface area contributed by atoms with Gasteiger partial charge in [0.05, 0.1) is 11.2 Å². The molecule has 3 nitrogen and oxygen atoms in total. The molecule has 0 aliphatic rings. The van der Waals surface area contributed by atoms with Crippen molar-refractivity contribution in [1.82, 2.24) is 9.97 Å². The van der Waals surface area contributed by atoms with E-state index in [4.69, 9.17) is 4.74 Å². The standard InChI is InChI=1S/C16H15IN2O/c1-11-15-13(7-8-18-15)14(9-17)16(19-11)20-10-12-5-3-2-4-6-12/h2-8,18H,9-10H2,1H3. The second-order valence-corrected chi connectivity index (χ2v) is 5.42. The minimum atomic E-state index is 0.548. The van der Waals surface area contributed by atoms with Gasteiger partial charge in [-0.25, -0.2) is 4.98 Å². The molecule has 0 atom stereocenters. The Balaban J connectivity index is 1.94. The zero-order valence-electron chi connectivity index (χ0n) is 11.2. The van der Waals surface area contributed by atoms with Crippen LogP contribution < -0.4 is 4.74 Å². The van der Waals surface area contributed by atoms with E-state index in [2.05, 4.69) is 50.8 Å². The third-order valence-corrected chi connectivity index (χ3v) is 4.08. The molecule has 0 spiro atoms.